The maximum absolute atomic E-state index is 14.0. The van der Waals surface area contributed by atoms with Crippen molar-refractivity contribution in [2.24, 2.45) is 0 Å². The van der Waals surface area contributed by atoms with Crippen LogP contribution in [-0.2, 0) is 18.5 Å². The Balaban J connectivity index is 1.47. The van der Waals surface area contributed by atoms with Gasteiger partial charge in [0.2, 0.25) is 5.88 Å². The lowest BCUT2D eigenvalue weighted by molar-refractivity contribution is 0.0265. The van der Waals surface area contributed by atoms with Crippen molar-refractivity contribution in [2.45, 2.75) is 32.4 Å². The van der Waals surface area contributed by atoms with Crippen molar-refractivity contribution < 1.29 is 14.3 Å². The molecule has 3 aromatic rings. The fourth-order valence-electron chi connectivity index (χ4n) is 5.44. The van der Waals surface area contributed by atoms with Gasteiger partial charge in [0.1, 0.15) is 0 Å². The van der Waals surface area contributed by atoms with E-state index in [1.54, 1.807) is 24.3 Å². The molecule has 6 heteroatoms. The number of carbonyl (C=O) groups is 2. The number of carbonyl (C=O) groups excluding carboxylic acids is 2. The molecule has 0 atom stereocenters. The molecular formula is C29H31N3O3. The molecule has 1 aliphatic heterocycles. The van der Waals surface area contributed by atoms with Crippen LogP contribution in [0.3, 0.4) is 0 Å². The standard InChI is InChI=1S/C29H31N3O3/c1-3-21-10-5-6-11-22(21)20-31-16-18-32(19-17-31)29(25-14-9-15-26(30-25)35-4-2)27(33)23-12-7-8-13-24(23)28(29)34/h5-15H,3-4,16-20H2,1-2H3. The van der Waals surface area contributed by atoms with Gasteiger partial charge in [-0.2, -0.15) is 0 Å². The van der Waals surface area contributed by atoms with Crippen LogP contribution < -0.4 is 4.74 Å². The van der Waals surface area contributed by atoms with Crippen LogP contribution >= 0.6 is 0 Å². The average Bonchev–Trinajstić information content (AvgIpc) is 3.13. The van der Waals surface area contributed by atoms with Crippen LogP contribution in [-0.4, -0.2) is 59.1 Å². The maximum Gasteiger partial charge on any atom is 0.213 e. The van der Waals surface area contributed by atoms with Gasteiger partial charge in [-0.05, 0) is 30.5 Å². The summed E-state index contributed by atoms with van der Waals surface area (Å²) in [6.07, 6.45) is 1.00. The quantitative estimate of drug-likeness (QED) is 0.485. The van der Waals surface area contributed by atoms with Gasteiger partial charge in [0, 0.05) is 49.9 Å². The van der Waals surface area contributed by atoms with Gasteiger partial charge in [0.15, 0.2) is 17.1 Å². The van der Waals surface area contributed by atoms with Crippen LogP contribution in [0.2, 0.25) is 0 Å². The second-order valence-corrected chi connectivity index (χ2v) is 9.09. The van der Waals surface area contributed by atoms with Crippen LogP contribution in [0.5, 0.6) is 5.88 Å². The first-order chi connectivity index (χ1) is 17.1. The third kappa shape index (κ3) is 3.97. The molecule has 2 aromatic carbocycles. The van der Waals surface area contributed by atoms with Gasteiger partial charge in [-0.25, -0.2) is 4.98 Å². The normalized spacial score (nSPS) is 18.0. The van der Waals surface area contributed by atoms with Crippen LogP contribution in [0, 0.1) is 0 Å². The van der Waals surface area contributed by atoms with E-state index in [2.05, 4.69) is 41.1 Å². The summed E-state index contributed by atoms with van der Waals surface area (Å²) in [5.74, 6) is 0.0452. The molecule has 0 N–H and O–H groups in total. The van der Waals surface area contributed by atoms with E-state index in [1.165, 1.54) is 11.1 Å². The van der Waals surface area contributed by atoms with Crippen LogP contribution in [0.25, 0.3) is 0 Å². The summed E-state index contributed by atoms with van der Waals surface area (Å²) >= 11 is 0. The monoisotopic (exact) mass is 469 g/mol. The second-order valence-electron chi connectivity index (χ2n) is 9.09. The summed E-state index contributed by atoms with van der Waals surface area (Å²) in [4.78, 5) is 37.1. The molecule has 0 bridgehead atoms. The summed E-state index contributed by atoms with van der Waals surface area (Å²) in [5, 5.41) is 0. The van der Waals surface area contributed by atoms with Gasteiger partial charge in [-0.1, -0.05) is 61.5 Å². The Morgan fingerprint density at radius 3 is 2.06 bits per heavy atom. The van der Waals surface area contributed by atoms with Gasteiger partial charge in [-0.15, -0.1) is 0 Å². The van der Waals surface area contributed by atoms with Crippen molar-refractivity contribution in [3.8, 4) is 5.88 Å². The van der Waals surface area contributed by atoms with Crippen LogP contribution in [0.1, 0.15) is 51.4 Å². The summed E-state index contributed by atoms with van der Waals surface area (Å²) in [7, 11) is 0. The zero-order valence-electron chi connectivity index (χ0n) is 20.4. The van der Waals surface area contributed by atoms with E-state index in [-0.39, 0.29) is 11.6 Å². The molecule has 1 aliphatic carbocycles. The number of fused-ring (bicyclic) bond motifs is 1. The first-order valence-electron chi connectivity index (χ1n) is 12.4. The molecular weight excluding hydrogens is 438 g/mol. The minimum Gasteiger partial charge on any atom is -0.478 e. The second kappa shape index (κ2) is 9.72. The number of hydrogen-bond donors (Lipinski definition) is 0. The molecule has 2 aliphatic rings. The Hall–Kier alpha value is -3.35. The lowest BCUT2D eigenvalue weighted by Crippen LogP contribution is -2.60. The summed E-state index contributed by atoms with van der Waals surface area (Å²) in [6, 6.07) is 21.0. The lowest BCUT2D eigenvalue weighted by Gasteiger charge is -2.43. The van der Waals surface area contributed by atoms with Gasteiger partial charge in [0.05, 0.1) is 12.3 Å². The van der Waals surface area contributed by atoms with Crippen LogP contribution in [0.15, 0.2) is 66.7 Å². The third-order valence-electron chi connectivity index (χ3n) is 7.20. The average molecular weight is 470 g/mol. The predicted octanol–water partition coefficient (Wildman–Crippen LogP) is 4.14. The molecule has 5 rings (SSSR count). The van der Waals surface area contributed by atoms with Gasteiger partial charge in [-0.3, -0.25) is 19.4 Å². The Morgan fingerprint density at radius 2 is 1.43 bits per heavy atom. The minimum atomic E-state index is -1.45. The molecule has 0 unspecified atom stereocenters. The van der Waals surface area contributed by atoms with E-state index in [0.717, 1.165) is 26.1 Å². The van der Waals surface area contributed by atoms with E-state index in [0.29, 0.717) is 42.4 Å². The van der Waals surface area contributed by atoms with Crippen molar-refractivity contribution in [3.63, 3.8) is 0 Å². The number of hydrogen-bond acceptors (Lipinski definition) is 6. The zero-order valence-corrected chi connectivity index (χ0v) is 20.4. The summed E-state index contributed by atoms with van der Waals surface area (Å²) in [5.41, 5.74) is 2.63. The predicted molar refractivity (Wildman–Crippen MR) is 135 cm³/mol. The minimum absolute atomic E-state index is 0.191. The SMILES string of the molecule is CCOc1cccc(C2(N3CCN(Cc4ccccc4CC)CC3)C(=O)c3ccccc3C2=O)n1. The fourth-order valence-corrected chi connectivity index (χ4v) is 5.44. The summed E-state index contributed by atoms with van der Waals surface area (Å²) < 4.78 is 5.63. The Bertz CT molecular complexity index is 1210. The maximum atomic E-state index is 14.0. The Kier molecular flexibility index (Phi) is 6.50. The molecule has 2 heterocycles. The number of piperazine rings is 1. The number of benzene rings is 2. The van der Waals surface area contributed by atoms with Crippen LogP contribution in [0.4, 0.5) is 0 Å². The largest absolute Gasteiger partial charge is 0.478 e. The number of pyridine rings is 1. The van der Waals surface area contributed by atoms with Gasteiger partial charge < -0.3 is 4.74 Å². The molecule has 0 spiro atoms. The number of Topliss-reactive ketones (excluding diaryl/α,β-unsaturated/α-hetero) is 2. The smallest absolute Gasteiger partial charge is 0.213 e. The molecule has 6 nitrogen and oxygen atoms in total. The first-order valence-corrected chi connectivity index (χ1v) is 12.4. The highest BCUT2D eigenvalue weighted by Gasteiger charge is 2.59. The highest BCUT2D eigenvalue weighted by molar-refractivity contribution is 6.32. The van der Waals surface area contributed by atoms with E-state index >= 15 is 0 Å². The van der Waals surface area contributed by atoms with E-state index in [9.17, 15) is 9.59 Å². The Labute approximate surface area is 206 Å². The number of aromatic nitrogens is 1. The first kappa shape index (κ1) is 23.4. The third-order valence-corrected chi connectivity index (χ3v) is 7.20. The lowest BCUT2D eigenvalue weighted by atomic mass is 9.85. The number of nitrogens with zero attached hydrogens (tertiary/aromatic N) is 3. The highest BCUT2D eigenvalue weighted by Crippen LogP contribution is 2.42. The number of rotatable bonds is 7. The zero-order chi connectivity index (χ0) is 24.4. The molecule has 1 fully saturated rings. The molecule has 180 valence electrons. The topological polar surface area (TPSA) is 62.7 Å². The molecule has 0 saturated carbocycles. The molecule has 1 saturated heterocycles. The van der Waals surface area contributed by atoms with Crippen molar-refractivity contribution in [3.05, 3.63) is 94.7 Å². The van der Waals surface area contributed by atoms with E-state index in [4.69, 9.17) is 4.74 Å². The molecule has 0 amide bonds. The Morgan fingerprint density at radius 1 is 0.800 bits per heavy atom. The van der Waals surface area contributed by atoms with Gasteiger partial charge >= 0.3 is 0 Å². The van der Waals surface area contributed by atoms with Crippen molar-refractivity contribution >= 4 is 11.6 Å². The number of aryl methyl sites for hydroxylation is 1. The van der Waals surface area contributed by atoms with Crippen molar-refractivity contribution in [1.82, 2.24) is 14.8 Å². The number of ketones is 2. The summed E-state index contributed by atoms with van der Waals surface area (Å²) in [6.45, 7) is 8.12. The highest BCUT2D eigenvalue weighted by atomic mass is 16.5. The number of ether oxygens (including phenoxy) is 1. The fraction of sp³-hybridized carbons (Fsp3) is 0.345. The molecule has 0 radical (unpaired) electrons. The molecule has 35 heavy (non-hydrogen) atoms. The van der Waals surface area contributed by atoms with E-state index in [1.807, 2.05) is 30.0 Å². The van der Waals surface area contributed by atoms with E-state index < -0.39 is 5.54 Å². The van der Waals surface area contributed by atoms with Gasteiger partial charge in [0.25, 0.3) is 0 Å². The van der Waals surface area contributed by atoms with Crippen molar-refractivity contribution in [1.29, 1.82) is 0 Å². The van der Waals surface area contributed by atoms with Crippen molar-refractivity contribution in [2.75, 3.05) is 32.8 Å². The molecule has 1 aromatic heterocycles.